The lowest BCUT2D eigenvalue weighted by atomic mass is 10.2. The Hall–Kier alpha value is -2.69. The number of anilines is 1. The summed E-state index contributed by atoms with van der Waals surface area (Å²) in [7, 11) is 2.99. The lowest BCUT2D eigenvalue weighted by molar-refractivity contribution is 0.102. The first-order valence-electron chi connectivity index (χ1n) is 5.96. The van der Waals surface area contributed by atoms with Gasteiger partial charge in [-0.2, -0.15) is 0 Å². The van der Waals surface area contributed by atoms with Crippen LogP contribution in [0.1, 0.15) is 10.4 Å². The molecular formula is C15H15NO4. The predicted molar refractivity (Wildman–Crippen MR) is 75.6 cm³/mol. The molecule has 2 rings (SSSR count). The van der Waals surface area contributed by atoms with Crippen LogP contribution in [0.3, 0.4) is 0 Å². The summed E-state index contributed by atoms with van der Waals surface area (Å²) in [6.07, 6.45) is 0. The molecule has 0 heterocycles. The number of carbonyl (C=O) groups is 1. The molecule has 0 aliphatic heterocycles. The van der Waals surface area contributed by atoms with Gasteiger partial charge in [0.25, 0.3) is 5.91 Å². The highest BCUT2D eigenvalue weighted by atomic mass is 16.5. The second-order valence-electron chi connectivity index (χ2n) is 4.07. The molecule has 0 aliphatic rings. The van der Waals surface area contributed by atoms with Crippen LogP contribution in [0.25, 0.3) is 0 Å². The van der Waals surface area contributed by atoms with E-state index in [0.29, 0.717) is 17.0 Å². The van der Waals surface area contributed by atoms with E-state index in [4.69, 9.17) is 9.47 Å². The van der Waals surface area contributed by atoms with Gasteiger partial charge in [-0.25, -0.2) is 0 Å². The summed E-state index contributed by atoms with van der Waals surface area (Å²) < 4.78 is 10.1. The van der Waals surface area contributed by atoms with Crippen LogP contribution < -0.4 is 14.8 Å². The maximum Gasteiger partial charge on any atom is 0.255 e. The molecule has 2 aromatic carbocycles. The molecule has 0 saturated heterocycles. The minimum atomic E-state index is -0.295. The molecule has 0 saturated carbocycles. The van der Waals surface area contributed by atoms with Gasteiger partial charge in [-0.05, 0) is 30.3 Å². The van der Waals surface area contributed by atoms with Gasteiger partial charge in [-0.3, -0.25) is 4.79 Å². The van der Waals surface area contributed by atoms with E-state index in [-0.39, 0.29) is 17.4 Å². The Morgan fingerprint density at radius 1 is 1.10 bits per heavy atom. The number of hydrogen-bond acceptors (Lipinski definition) is 4. The molecule has 104 valence electrons. The van der Waals surface area contributed by atoms with Crippen LogP contribution >= 0.6 is 0 Å². The van der Waals surface area contributed by atoms with Gasteiger partial charge in [0.05, 0.1) is 14.2 Å². The van der Waals surface area contributed by atoms with Crippen LogP contribution in [-0.4, -0.2) is 25.2 Å². The normalized spacial score (nSPS) is 9.90. The quantitative estimate of drug-likeness (QED) is 0.898. The molecule has 5 heteroatoms. The van der Waals surface area contributed by atoms with Crippen molar-refractivity contribution in [3.8, 4) is 17.2 Å². The molecule has 0 bridgehead atoms. The molecule has 5 nitrogen and oxygen atoms in total. The fourth-order valence-corrected chi connectivity index (χ4v) is 1.72. The number of carbonyl (C=O) groups excluding carboxylic acids is 1. The highest BCUT2D eigenvalue weighted by Gasteiger charge is 2.10. The Labute approximate surface area is 116 Å². The van der Waals surface area contributed by atoms with Crippen LogP contribution in [0, 0.1) is 0 Å². The number of phenolic OH excluding ortho intramolecular Hbond substituents is 1. The number of methoxy groups -OCH3 is 2. The molecule has 2 N–H and O–H groups in total. The zero-order chi connectivity index (χ0) is 14.5. The van der Waals surface area contributed by atoms with E-state index in [2.05, 4.69) is 5.32 Å². The third-order valence-electron chi connectivity index (χ3n) is 2.77. The Morgan fingerprint density at radius 3 is 2.60 bits per heavy atom. The standard InChI is InChI=1S/C15H15NO4/c1-19-12-5-3-4-11(9-12)16-15(18)10-6-7-13(17)14(8-10)20-2/h3-9,17H,1-2H3,(H,16,18). The largest absolute Gasteiger partial charge is 0.504 e. The number of ether oxygens (including phenoxy) is 2. The van der Waals surface area contributed by atoms with Crippen LogP contribution in [0.15, 0.2) is 42.5 Å². The zero-order valence-electron chi connectivity index (χ0n) is 11.2. The van der Waals surface area contributed by atoms with Gasteiger partial charge < -0.3 is 19.9 Å². The van der Waals surface area contributed by atoms with E-state index >= 15 is 0 Å². The second-order valence-corrected chi connectivity index (χ2v) is 4.07. The van der Waals surface area contributed by atoms with Crippen molar-refractivity contribution >= 4 is 11.6 Å². The van der Waals surface area contributed by atoms with Crippen molar-refractivity contribution in [2.24, 2.45) is 0 Å². The van der Waals surface area contributed by atoms with Crippen molar-refractivity contribution in [3.63, 3.8) is 0 Å². The second kappa shape index (κ2) is 5.97. The predicted octanol–water partition coefficient (Wildman–Crippen LogP) is 2.66. The van der Waals surface area contributed by atoms with Gasteiger partial charge in [-0.15, -0.1) is 0 Å². The van der Waals surface area contributed by atoms with Gasteiger partial charge in [0.1, 0.15) is 5.75 Å². The molecule has 0 aliphatic carbocycles. The van der Waals surface area contributed by atoms with Crippen molar-refractivity contribution in [3.05, 3.63) is 48.0 Å². The molecule has 2 aromatic rings. The van der Waals surface area contributed by atoms with Gasteiger partial charge in [0.2, 0.25) is 0 Å². The molecule has 0 fully saturated rings. The third kappa shape index (κ3) is 3.00. The lowest BCUT2D eigenvalue weighted by Gasteiger charge is -2.09. The first-order valence-corrected chi connectivity index (χ1v) is 5.96. The fourth-order valence-electron chi connectivity index (χ4n) is 1.72. The van der Waals surface area contributed by atoms with Crippen molar-refractivity contribution in [2.45, 2.75) is 0 Å². The molecule has 0 unspecified atom stereocenters. The number of aromatic hydroxyl groups is 1. The van der Waals surface area contributed by atoms with Gasteiger partial charge in [0.15, 0.2) is 11.5 Å². The summed E-state index contributed by atoms with van der Waals surface area (Å²) in [5, 5.41) is 12.2. The Balaban J connectivity index is 2.19. The Kier molecular flexibility index (Phi) is 4.10. The maximum atomic E-state index is 12.1. The van der Waals surface area contributed by atoms with Crippen LogP contribution in [0.5, 0.6) is 17.2 Å². The number of benzene rings is 2. The van der Waals surface area contributed by atoms with Crippen molar-refractivity contribution in [2.75, 3.05) is 19.5 Å². The molecule has 1 amide bonds. The number of hydrogen-bond donors (Lipinski definition) is 2. The summed E-state index contributed by atoms with van der Waals surface area (Å²) in [6, 6.07) is 11.5. The summed E-state index contributed by atoms with van der Waals surface area (Å²) >= 11 is 0. The minimum absolute atomic E-state index is 0.00886. The van der Waals surface area contributed by atoms with E-state index in [1.54, 1.807) is 31.4 Å². The Morgan fingerprint density at radius 2 is 1.90 bits per heavy atom. The molecule has 0 atom stereocenters. The first kappa shape index (κ1) is 13.7. The average Bonchev–Trinajstić information content (AvgIpc) is 2.47. The SMILES string of the molecule is COc1cccc(NC(=O)c2ccc(O)c(OC)c2)c1. The Bertz CT molecular complexity index is 625. The topological polar surface area (TPSA) is 67.8 Å². The molecular weight excluding hydrogens is 258 g/mol. The summed E-state index contributed by atoms with van der Waals surface area (Å²) in [6.45, 7) is 0. The van der Waals surface area contributed by atoms with Crippen molar-refractivity contribution in [1.82, 2.24) is 0 Å². The highest BCUT2D eigenvalue weighted by molar-refractivity contribution is 6.04. The first-order chi connectivity index (χ1) is 9.63. The fraction of sp³-hybridized carbons (Fsp3) is 0.133. The lowest BCUT2D eigenvalue weighted by Crippen LogP contribution is -2.11. The summed E-state index contributed by atoms with van der Waals surface area (Å²) in [4.78, 5) is 12.1. The number of phenols is 1. The smallest absolute Gasteiger partial charge is 0.255 e. The molecule has 0 aromatic heterocycles. The minimum Gasteiger partial charge on any atom is -0.504 e. The highest BCUT2D eigenvalue weighted by Crippen LogP contribution is 2.26. The van der Waals surface area contributed by atoms with Crippen LogP contribution in [0.4, 0.5) is 5.69 Å². The van der Waals surface area contributed by atoms with Crippen molar-refractivity contribution < 1.29 is 19.4 Å². The van der Waals surface area contributed by atoms with Crippen LogP contribution in [0.2, 0.25) is 0 Å². The van der Waals surface area contributed by atoms with Crippen molar-refractivity contribution in [1.29, 1.82) is 0 Å². The summed E-state index contributed by atoms with van der Waals surface area (Å²) in [5.41, 5.74) is 1.02. The van der Waals surface area contributed by atoms with E-state index in [0.717, 1.165) is 0 Å². The average molecular weight is 273 g/mol. The monoisotopic (exact) mass is 273 g/mol. The third-order valence-corrected chi connectivity index (χ3v) is 2.77. The number of rotatable bonds is 4. The molecule has 0 spiro atoms. The van der Waals surface area contributed by atoms with Gasteiger partial charge >= 0.3 is 0 Å². The number of amides is 1. The zero-order valence-corrected chi connectivity index (χ0v) is 11.2. The molecule has 20 heavy (non-hydrogen) atoms. The van der Waals surface area contributed by atoms with E-state index in [9.17, 15) is 9.90 Å². The molecule has 0 radical (unpaired) electrons. The van der Waals surface area contributed by atoms with E-state index in [1.165, 1.54) is 25.3 Å². The number of nitrogens with one attached hydrogen (secondary N) is 1. The summed E-state index contributed by atoms with van der Waals surface area (Å²) in [5.74, 6) is 0.608. The van der Waals surface area contributed by atoms with Gasteiger partial charge in [0, 0.05) is 17.3 Å². The van der Waals surface area contributed by atoms with Crippen LogP contribution in [-0.2, 0) is 0 Å². The van der Waals surface area contributed by atoms with Gasteiger partial charge in [-0.1, -0.05) is 6.07 Å². The van der Waals surface area contributed by atoms with E-state index < -0.39 is 0 Å². The maximum absolute atomic E-state index is 12.1. The van der Waals surface area contributed by atoms with E-state index in [1.807, 2.05) is 0 Å².